The fraction of sp³-hybridized carbons (Fsp3) is 0.643. The molecule has 31 heavy (non-hydrogen) atoms. The predicted octanol–water partition coefficient (Wildman–Crippen LogP) is 8.45. The molecule has 0 heterocycles. The van der Waals surface area contributed by atoms with Crippen molar-refractivity contribution in [1.29, 1.82) is 0 Å². The highest BCUT2D eigenvalue weighted by atomic mass is 16.2. The molecule has 0 spiro atoms. The number of hydrogen-bond donors (Lipinski definition) is 1. The van der Waals surface area contributed by atoms with E-state index in [1.165, 1.54) is 83.5 Å². The van der Waals surface area contributed by atoms with Gasteiger partial charge in [0.15, 0.2) is 0 Å². The van der Waals surface area contributed by atoms with Gasteiger partial charge in [0.25, 0.3) is 0 Å². The zero-order valence-corrected chi connectivity index (χ0v) is 20.2. The van der Waals surface area contributed by atoms with Crippen molar-refractivity contribution in [2.45, 2.75) is 117 Å². The smallest absolute Gasteiger partial charge is 0.240 e. The summed E-state index contributed by atoms with van der Waals surface area (Å²) in [5.74, 6) is 0.0159. The van der Waals surface area contributed by atoms with E-state index in [1.807, 2.05) is 49.4 Å². The Morgan fingerprint density at radius 1 is 0.774 bits per heavy atom. The Labute approximate surface area is 191 Å². The summed E-state index contributed by atoms with van der Waals surface area (Å²) in [7, 11) is 0. The molecule has 0 atom stereocenters. The first-order valence-corrected chi connectivity index (χ1v) is 12.8. The molecule has 0 aliphatic heterocycles. The minimum Gasteiger partial charge on any atom is -0.273 e. The third kappa shape index (κ3) is 17.5. The molecule has 0 radical (unpaired) electrons. The van der Waals surface area contributed by atoms with Gasteiger partial charge in [-0.2, -0.15) is 5.10 Å². The van der Waals surface area contributed by atoms with Crippen molar-refractivity contribution in [3.8, 4) is 0 Å². The van der Waals surface area contributed by atoms with Crippen LogP contribution in [0.25, 0.3) is 6.08 Å². The first-order valence-electron chi connectivity index (χ1n) is 12.8. The third-order valence-electron chi connectivity index (χ3n) is 5.68. The second-order valence-electron chi connectivity index (χ2n) is 8.73. The van der Waals surface area contributed by atoms with Gasteiger partial charge in [0.2, 0.25) is 5.91 Å². The molecule has 3 nitrogen and oxygen atoms in total. The molecule has 1 amide bonds. The molecule has 3 heteroatoms. The van der Waals surface area contributed by atoms with E-state index in [1.54, 1.807) is 0 Å². The van der Waals surface area contributed by atoms with Crippen LogP contribution in [0.3, 0.4) is 0 Å². The highest BCUT2D eigenvalue weighted by Crippen LogP contribution is 2.13. The highest BCUT2D eigenvalue weighted by Gasteiger charge is 2.00. The number of rotatable bonds is 19. The lowest BCUT2D eigenvalue weighted by Crippen LogP contribution is -2.18. The van der Waals surface area contributed by atoms with Crippen LogP contribution >= 0.6 is 0 Å². The molecule has 174 valence electrons. The van der Waals surface area contributed by atoms with Gasteiger partial charge in [0.05, 0.1) is 5.71 Å². The number of benzene rings is 1. The topological polar surface area (TPSA) is 41.5 Å². The van der Waals surface area contributed by atoms with E-state index >= 15 is 0 Å². The lowest BCUT2D eigenvalue weighted by molar-refractivity contribution is -0.121. The Hall–Kier alpha value is -1.90. The minimum atomic E-state index is 0.0159. The number of unbranched alkanes of at least 4 members (excludes halogenated alkanes) is 14. The van der Waals surface area contributed by atoms with Gasteiger partial charge in [0.1, 0.15) is 0 Å². The van der Waals surface area contributed by atoms with Crippen molar-refractivity contribution in [2.75, 3.05) is 0 Å². The maximum atomic E-state index is 11.9. The monoisotopic (exact) mass is 426 g/mol. The van der Waals surface area contributed by atoms with Gasteiger partial charge in [-0.1, -0.05) is 133 Å². The molecular formula is C28H46N2O. The number of carbonyl (C=O) groups excluding carboxylic acids is 1. The van der Waals surface area contributed by atoms with Gasteiger partial charge in [0, 0.05) is 6.42 Å². The zero-order chi connectivity index (χ0) is 22.4. The van der Waals surface area contributed by atoms with Crippen molar-refractivity contribution in [1.82, 2.24) is 5.43 Å². The number of hydrogen-bond acceptors (Lipinski definition) is 2. The second kappa shape index (κ2) is 20.0. The van der Waals surface area contributed by atoms with Crippen molar-refractivity contribution in [3.05, 3.63) is 42.0 Å². The fourth-order valence-corrected chi connectivity index (χ4v) is 3.68. The van der Waals surface area contributed by atoms with Crippen LogP contribution in [0.1, 0.15) is 122 Å². The molecule has 0 unspecified atom stereocenters. The van der Waals surface area contributed by atoms with Gasteiger partial charge in [-0.05, 0) is 25.0 Å². The SMILES string of the molecule is CCCCCCCCCCCCCCCCCC(=O)N/N=C(C)/C=C/c1ccccc1. The first-order chi connectivity index (χ1) is 15.2. The summed E-state index contributed by atoms with van der Waals surface area (Å²) in [5.41, 5.74) is 4.59. The van der Waals surface area contributed by atoms with Crippen molar-refractivity contribution < 1.29 is 4.79 Å². The fourth-order valence-electron chi connectivity index (χ4n) is 3.68. The van der Waals surface area contributed by atoms with Crippen LogP contribution in [0.2, 0.25) is 0 Å². The highest BCUT2D eigenvalue weighted by molar-refractivity contribution is 5.96. The molecule has 0 aliphatic carbocycles. The maximum Gasteiger partial charge on any atom is 0.240 e. The summed E-state index contributed by atoms with van der Waals surface area (Å²) in [4.78, 5) is 11.9. The van der Waals surface area contributed by atoms with Gasteiger partial charge in [-0.25, -0.2) is 5.43 Å². The summed E-state index contributed by atoms with van der Waals surface area (Å²) < 4.78 is 0. The summed E-state index contributed by atoms with van der Waals surface area (Å²) in [6.07, 6.45) is 24.6. The number of nitrogens with zero attached hydrogens (tertiary/aromatic N) is 1. The van der Waals surface area contributed by atoms with E-state index < -0.39 is 0 Å². The van der Waals surface area contributed by atoms with E-state index in [9.17, 15) is 4.79 Å². The summed E-state index contributed by atoms with van der Waals surface area (Å²) in [6.45, 7) is 4.17. The predicted molar refractivity (Wildman–Crippen MR) is 136 cm³/mol. The van der Waals surface area contributed by atoms with Crippen molar-refractivity contribution in [2.24, 2.45) is 5.10 Å². The quantitative estimate of drug-likeness (QED) is 0.134. The molecule has 1 aromatic carbocycles. The molecule has 1 N–H and O–H groups in total. The van der Waals surface area contributed by atoms with Crippen LogP contribution in [0.5, 0.6) is 0 Å². The van der Waals surface area contributed by atoms with Crippen LogP contribution in [0, 0.1) is 0 Å². The molecule has 1 aromatic rings. The molecular weight excluding hydrogens is 380 g/mol. The van der Waals surface area contributed by atoms with Crippen LogP contribution in [-0.2, 0) is 4.79 Å². The normalized spacial score (nSPS) is 11.9. The summed E-state index contributed by atoms with van der Waals surface area (Å²) in [6, 6.07) is 10.1. The first kappa shape index (κ1) is 27.1. The van der Waals surface area contributed by atoms with E-state index in [-0.39, 0.29) is 5.91 Å². The van der Waals surface area contributed by atoms with Crippen LogP contribution < -0.4 is 5.43 Å². The Morgan fingerprint density at radius 2 is 1.26 bits per heavy atom. The minimum absolute atomic E-state index is 0.0159. The molecule has 0 aliphatic rings. The molecule has 0 aromatic heterocycles. The number of amides is 1. The molecule has 0 bridgehead atoms. The number of allylic oxidation sites excluding steroid dienone is 1. The Bertz CT molecular complexity index is 607. The average Bonchev–Trinajstić information content (AvgIpc) is 2.79. The van der Waals surface area contributed by atoms with Gasteiger partial charge in [-0.3, -0.25) is 4.79 Å². The Kier molecular flexibility index (Phi) is 17.5. The second-order valence-corrected chi connectivity index (χ2v) is 8.73. The molecule has 0 fully saturated rings. The van der Waals surface area contributed by atoms with E-state index in [0.29, 0.717) is 6.42 Å². The number of hydrazone groups is 1. The maximum absolute atomic E-state index is 11.9. The van der Waals surface area contributed by atoms with E-state index in [2.05, 4.69) is 17.5 Å². The average molecular weight is 427 g/mol. The van der Waals surface area contributed by atoms with E-state index in [4.69, 9.17) is 0 Å². The Balaban J connectivity index is 1.89. The largest absolute Gasteiger partial charge is 0.273 e. The Morgan fingerprint density at radius 3 is 1.77 bits per heavy atom. The van der Waals surface area contributed by atoms with Crippen molar-refractivity contribution in [3.63, 3.8) is 0 Å². The molecule has 0 saturated heterocycles. The van der Waals surface area contributed by atoms with Crippen LogP contribution in [-0.4, -0.2) is 11.6 Å². The van der Waals surface area contributed by atoms with Crippen LogP contribution in [0.4, 0.5) is 0 Å². The lowest BCUT2D eigenvalue weighted by Gasteiger charge is -2.03. The standard InChI is InChI=1S/C28H46N2O/c1-3-4-5-6-7-8-9-10-11-12-13-14-15-16-20-23-28(31)30-29-26(2)24-25-27-21-18-17-19-22-27/h17-19,21-22,24-25H,3-16,20,23H2,1-2H3,(H,30,31)/b25-24+,29-26+. The summed E-state index contributed by atoms with van der Waals surface area (Å²) in [5, 5.41) is 4.16. The summed E-state index contributed by atoms with van der Waals surface area (Å²) >= 11 is 0. The lowest BCUT2D eigenvalue weighted by atomic mass is 10.0. The van der Waals surface area contributed by atoms with Crippen molar-refractivity contribution >= 4 is 17.7 Å². The van der Waals surface area contributed by atoms with Crippen LogP contribution in [0.15, 0.2) is 41.5 Å². The third-order valence-corrected chi connectivity index (χ3v) is 5.68. The molecule has 1 rings (SSSR count). The van der Waals surface area contributed by atoms with Gasteiger partial charge in [-0.15, -0.1) is 0 Å². The zero-order valence-electron chi connectivity index (χ0n) is 20.2. The molecule has 0 saturated carbocycles. The number of nitrogens with one attached hydrogen (secondary N) is 1. The van der Waals surface area contributed by atoms with E-state index in [0.717, 1.165) is 24.1 Å². The number of carbonyl (C=O) groups is 1. The van der Waals surface area contributed by atoms with Gasteiger partial charge >= 0.3 is 0 Å². The van der Waals surface area contributed by atoms with Gasteiger partial charge < -0.3 is 0 Å².